The summed E-state index contributed by atoms with van der Waals surface area (Å²) in [5, 5.41) is 11.7. The summed E-state index contributed by atoms with van der Waals surface area (Å²) in [6.45, 7) is 13.7. The molecule has 0 bridgehead atoms. The molecule has 0 saturated heterocycles. The largest absolute Gasteiger partial charge is 0.481 e. The fourth-order valence-electron chi connectivity index (χ4n) is 8.82. The van der Waals surface area contributed by atoms with Gasteiger partial charge in [-0.15, -0.1) is 0 Å². The molecule has 2 nitrogen and oxygen atoms in total. The molecule has 0 radical (unpaired) electrons. The fourth-order valence-corrected chi connectivity index (χ4v) is 8.82. The van der Waals surface area contributed by atoms with Gasteiger partial charge in [-0.05, 0) is 33.6 Å². The van der Waals surface area contributed by atoms with Crippen molar-refractivity contribution in [2.24, 2.45) is 11.3 Å². The molecule has 5 rings (SSSR count). The molecule has 4 aromatic carbocycles. The van der Waals surface area contributed by atoms with E-state index < -0.39 is 33.0 Å². The van der Waals surface area contributed by atoms with E-state index in [9.17, 15) is 9.90 Å². The maximum Gasteiger partial charge on any atom is 0.315 e. The van der Waals surface area contributed by atoms with Crippen molar-refractivity contribution in [2.45, 2.75) is 63.2 Å². The van der Waals surface area contributed by atoms with E-state index >= 15 is 0 Å². The summed E-state index contributed by atoms with van der Waals surface area (Å²) >= 11 is 0. The molecule has 0 aromatic heterocycles. The number of carbonyl (C=O) groups is 1. The summed E-state index contributed by atoms with van der Waals surface area (Å²) < 4.78 is 0. The molecule has 4 aromatic rings. The average Bonchev–Trinajstić information content (AvgIpc) is 2.97. The first kappa shape index (κ1) is 26.9. The van der Waals surface area contributed by atoms with Crippen LogP contribution in [0, 0.1) is 11.3 Å². The SMILES string of the molecule is CC1C(C)(c2ccccc2)C(C)(c2ccccc2)C(C)(C)C(C)(c2ccccc2)C1(C(=O)O)c1ccccc1. The molecule has 200 valence electrons. The number of carboxylic acid groups (broad SMARTS) is 1. The zero-order chi connectivity index (χ0) is 28.1. The second-order valence-corrected chi connectivity index (χ2v) is 12.4. The minimum absolute atomic E-state index is 0.296. The van der Waals surface area contributed by atoms with Gasteiger partial charge in [0.1, 0.15) is 5.41 Å². The monoisotopic (exact) mass is 516 g/mol. The van der Waals surface area contributed by atoms with E-state index in [1.807, 2.05) is 54.6 Å². The third kappa shape index (κ3) is 3.18. The highest BCUT2D eigenvalue weighted by Crippen LogP contribution is 2.75. The van der Waals surface area contributed by atoms with Gasteiger partial charge in [0.05, 0.1) is 0 Å². The summed E-state index contributed by atoms with van der Waals surface area (Å²) in [5.74, 6) is -1.08. The lowest BCUT2D eigenvalue weighted by Gasteiger charge is -2.74. The van der Waals surface area contributed by atoms with E-state index in [4.69, 9.17) is 0 Å². The number of carboxylic acids is 1. The molecule has 1 fully saturated rings. The molecule has 1 aliphatic rings. The Morgan fingerprint density at radius 1 is 0.538 bits per heavy atom. The Balaban J connectivity index is 2.04. The molecule has 39 heavy (non-hydrogen) atoms. The Bertz CT molecular complexity index is 1450. The van der Waals surface area contributed by atoms with Crippen LogP contribution in [0.25, 0.3) is 0 Å². The summed E-state index contributed by atoms with van der Waals surface area (Å²) in [5.41, 5.74) is 0.684. The van der Waals surface area contributed by atoms with Crippen LogP contribution in [0.3, 0.4) is 0 Å². The van der Waals surface area contributed by atoms with Crippen LogP contribution in [0.1, 0.15) is 63.8 Å². The van der Waals surface area contributed by atoms with Crippen LogP contribution in [0.5, 0.6) is 0 Å². The van der Waals surface area contributed by atoms with Crippen molar-refractivity contribution in [3.05, 3.63) is 144 Å². The molecule has 0 amide bonds. The molecule has 2 heteroatoms. The zero-order valence-electron chi connectivity index (χ0n) is 24.0. The number of hydrogen-bond donors (Lipinski definition) is 1. The lowest BCUT2D eigenvalue weighted by Crippen LogP contribution is -2.78. The topological polar surface area (TPSA) is 37.3 Å². The lowest BCUT2D eigenvalue weighted by molar-refractivity contribution is -0.178. The second-order valence-electron chi connectivity index (χ2n) is 12.4. The van der Waals surface area contributed by atoms with Gasteiger partial charge in [0.25, 0.3) is 0 Å². The molecule has 1 aliphatic carbocycles. The Hall–Kier alpha value is -3.65. The van der Waals surface area contributed by atoms with Crippen molar-refractivity contribution in [2.75, 3.05) is 0 Å². The molecule has 1 saturated carbocycles. The molecular weight excluding hydrogens is 476 g/mol. The maximum atomic E-state index is 14.2. The minimum Gasteiger partial charge on any atom is -0.481 e. The third-order valence-electron chi connectivity index (χ3n) is 11.5. The highest BCUT2D eigenvalue weighted by Gasteiger charge is 2.78. The number of hydrogen-bond acceptors (Lipinski definition) is 1. The summed E-state index contributed by atoms with van der Waals surface area (Å²) in [6.07, 6.45) is 0. The molecular formula is C37H40O2. The van der Waals surface area contributed by atoms with Gasteiger partial charge in [-0.1, -0.05) is 163 Å². The van der Waals surface area contributed by atoms with E-state index in [1.165, 1.54) is 5.56 Å². The Morgan fingerprint density at radius 2 is 0.872 bits per heavy atom. The average molecular weight is 517 g/mol. The van der Waals surface area contributed by atoms with Gasteiger partial charge in [0, 0.05) is 16.2 Å². The minimum atomic E-state index is -1.24. The molecule has 5 unspecified atom stereocenters. The Labute approximate surface area is 233 Å². The highest BCUT2D eigenvalue weighted by atomic mass is 16.4. The van der Waals surface area contributed by atoms with Gasteiger partial charge in [-0.25, -0.2) is 0 Å². The van der Waals surface area contributed by atoms with E-state index in [0.29, 0.717) is 0 Å². The van der Waals surface area contributed by atoms with Gasteiger partial charge in [-0.3, -0.25) is 4.79 Å². The number of aliphatic carboxylic acids is 1. The zero-order valence-corrected chi connectivity index (χ0v) is 24.0. The molecule has 5 atom stereocenters. The van der Waals surface area contributed by atoms with Crippen LogP contribution in [0.2, 0.25) is 0 Å². The van der Waals surface area contributed by atoms with Crippen molar-refractivity contribution >= 4 is 5.97 Å². The molecule has 0 heterocycles. The van der Waals surface area contributed by atoms with Crippen LogP contribution in [0.15, 0.2) is 121 Å². The van der Waals surface area contributed by atoms with Gasteiger partial charge in [-0.2, -0.15) is 0 Å². The second kappa shape index (κ2) is 9.23. The fraction of sp³-hybridized carbons (Fsp3) is 0.324. The first-order valence-electron chi connectivity index (χ1n) is 14.0. The van der Waals surface area contributed by atoms with E-state index in [-0.39, 0.29) is 5.92 Å². The van der Waals surface area contributed by atoms with Gasteiger partial charge in [0.2, 0.25) is 0 Å². The van der Waals surface area contributed by atoms with E-state index in [2.05, 4.69) is 108 Å². The van der Waals surface area contributed by atoms with Gasteiger partial charge in [0.15, 0.2) is 0 Å². The standard InChI is InChI=1S/C37H40O2/c1-27-34(4,28-19-11-7-12-20-28)35(5,29-21-13-8-14-22-29)33(2,3)36(6,30-23-15-9-16-24-30)37(27,32(38)39)31-25-17-10-18-26-31/h7-27H,1-6H3,(H,38,39). The quantitative estimate of drug-likeness (QED) is 0.288. The van der Waals surface area contributed by atoms with Crippen molar-refractivity contribution < 1.29 is 9.90 Å². The van der Waals surface area contributed by atoms with Crippen LogP contribution < -0.4 is 0 Å². The first-order chi connectivity index (χ1) is 18.5. The van der Waals surface area contributed by atoms with Crippen LogP contribution in [0.4, 0.5) is 0 Å². The smallest absolute Gasteiger partial charge is 0.315 e. The first-order valence-corrected chi connectivity index (χ1v) is 14.0. The van der Waals surface area contributed by atoms with Crippen molar-refractivity contribution in [1.29, 1.82) is 0 Å². The summed E-state index contributed by atoms with van der Waals surface area (Å²) in [7, 11) is 0. The number of rotatable bonds is 5. The van der Waals surface area contributed by atoms with Crippen molar-refractivity contribution in [3.63, 3.8) is 0 Å². The van der Waals surface area contributed by atoms with Gasteiger partial charge < -0.3 is 5.11 Å². The van der Waals surface area contributed by atoms with Crippen LogP contribution >= 0.6 is 0 Å². The van der Waals surface area contributed by atoms with E-state index in [0.717, 1.165) is 16.7 Å². The predicted molar refractivity (Wildman–Crippen MR) is 160 cm³/mol. The third-order valence-corrected chi connectivity index (χ3v) is 11.5. The summed E-state index contributed by atoms with van der Waals surface area (Å²) in [4.78, 5) is 14.2. The molecule has 0 aliphatic heterocycles. The van der Waals surface area contributed by atoms with Crippen LogP contribution in [-0.2, 0) is 26.5 Å². The number of benzene rings is 4. The Kier molecular flexibility index (Phi) is 6.37. The molecule has 0 spiro atoms. The Morgan fingerprint density at radius 3 is 1.26 bits per heavy atom. The normalized spacial score (nSPS) is 31.9. The van der Waals surface area contributed by atoms with Gasteiger partial charge >= 0.3 is 5.97 Å². The highest BCUT2D eigenvalue weighted by molar-refractivity contribution is 5.86. The maximum absolute atomic E-state index is 14.2. The summed E-state index contributed by atoms with van der Waals surface area (Å²) in [6, 6.07) is 41.7. The van der Waals surface area contributed by atoms with E-state index in [1.54, 1.807) is 0 Å². The predicted octanol–water partition coefficient (Wildman–Crippen LogP) is 8.56. The lowest BCUT2D eigenvalue weighted by atomic mass is 9.27. The molecule has 1 N–H and O–H groups in total. The van der Waals surface area contributed by atoms with Crippen LogP contribution in [-0.4, -0.2) is 11.1 Å². The van der Waals surface area contributed by atoms with Crippen molar-refractivity contribution in [1.82, 2.24) is 0 Å². The van der Waals surface area contributed by atoms with Crippen molar-refractivity contribution in [3.8, 4) is 0 Å².